The molecule has 3 fully saturated rings. The Bertz CT molecular complexity index is 387. The second kappa shape index (κ2) is 10.4. The Morgan fingerprint density at radius 3 is 2.08 bits per heavy atom. The molecule has 1 atom stereocenters. The largest absolute Gasteiger partial charge is 0.383 e. The summed E-state index contributed by atoms with van der Waals surface area (Å²) < 4.78 is 5.22. The highest BCUT2D eigenvalue weighted by Gasteiger charge is 2.33. The van der Waals surface area contributed by atoms with E-state index in [2.05, 4.69) is 28.5 Å². The fourth-order valence-corrected chi connectivity index (χ4v) is 5.51. The third-order valence-corrected chi connectivity index (χ3v) is 7.07. The van der Waals surface area contributed by atoms with Crippen LogP contribution in [0.15, 0.2) is 0 Å². The standard InChI is InChI=1S/C22H43N3O/c1-19(2)16-24-11-6-21(7-12-24)22-8-13-25(18-22)17-20-4-9-23(10-5-20)14-15-26-3/h19-22H,4-18H2,1-3H3/t22-/m1/s1. The van der Waals surface area contributed by atoms with Crippen LogP contribution in [0.2, 0.25) is 0 Å². The maximum atomic E-state index is 5.22. The van der Waals surface area contributed by atoms with E-state index in [1.165, 1.54) is 84.5 Å². The molecule has 4 nitrogen and oxygen atoms in total. The first-order valence-corrected chi connectivity index (χ1v) is 11.3. The maximum absolute atomic E-state index is 5.22. The van der Waals surface area contributed by atoms with Crippen LogP contribution < -0.4 is 0 Å². The zero-order valence-electron chi connectivity index (χ0n) is 17.7. The van der Waals surface area contributed by atoms with Crippen molar-refractivity contribution in [1.82, 2.24) is 14.7 Å². The lowest BCUT2D eigenvalue weighted by Crippen LogP contribution is -2.40. The van der Waals surface area contributed by atoms with Crippen LogP contribution in [-0.2, 0) is 4.74 Å². The molecule has 0 amide bonds. The maximum Gasteiger partial charge on any atom is 0.0589 e. The number of ether oxygens (including phenoxy) is 1. The van der Waals surface area contributed by atoms with E-state index >= 15 is 0 Å². The molecule has 0 aromatic rings. The van der Waals surface area contributed by atoms with Crippen LogP contribution in [0.25, 0.3) is 0 Å². The van der Waals surface area contributed by atoms with Gasteiger partial charge in [-0.3, -0.25) is 0 Å². The van der Waals surface area contributed by atoms with E-state index in [-0.39, 0.29) is 0 Å². The summed E-state index contributed by atoms with van der Waals surface area (Å²) in [4.78, 5) is 8.09. The van der Waals surface area contributed by atoms with Gasteiger partial charge in [0.05, 0.1) is 6.61 Å². The highest BCUT2D eigenvalue weighted by molar-refractivity contribution is 4.86. The Morgan fingerprint density at radius 2 is 1.42 bits per heavy atom. The summed E-state index contributed by atoms with van der Waals surface area (Å²) in [6.07, 6.45) is 7.13. The Hall–Kier alpha value is -0.160. The van der Waals surface area contributed by atoms with Crippen molar-refractivity contribution in [2.24, 2.45) is 23.7 Å². The summed E-state index contributed by atoms with van der Waals surface area (Å²) in [6, 6.07) is 0. The molecule has 3 aliphatic rings. The number of piperidine rings is 2. The molecule has 0 aliphatic carbocycles. The normalized spacial score (nSPS) is 28.4. The first-order valence-electron chi connectivity index (χ1n) is 11.3. The van der Waals surface area contributed by atoms with Gasteiger partial charge in [-0.1, -0.05) is 13.8 Å². The Kier molecular flexibility index (Phi) is 8.23. The Morgan fingerprint density at radius 1 is 0.808 bits per heavy atom. The quantitative estimate of drug-likeness (QED) is 0.658. The van der Waals surface area contributed by atoms with Crippen LogP contribution in [0.3, 0.4) is 0 Å². The predicted molar refractivity (Wildman–Crippen MR) is 110 cm³/mol. The molecule has 0 spiro atoms. The minimum atomic E-state index is 0.814. The highest BCUT2D eigenvalue weighted by atomic mass is 16.5. The summed E-state index contributed by atoms with van der Waals surface area (Å²) in [6.45, 7) is 17.4. The Labute approximate surface area is 162 Å². The van der Waals surface area contributed by atoms with E-state index in [9.17, 15) is 0 Å². The summed E-state index contributed by atoms with van der Waals surface area (Å²) in [7, 11) is 1.81. The molecule has 0 aromatic carbocycles. The van der Waals surface area contributed by atoms with Gasteiger partial charge < -0.3 is 19.4 Å². The van der Waals surface area contributed by atoms with Gasteiger partial charge in [-0.2, -0.15) is 0 Å². The van der Waals surface area contributed by atoms with Crippen molar-refractivity contribution in [2.75, 3.05) is 72.6 Å². The van der Waals surface area contributed by atoms with Crippen LogP contribution >= 0.6 is 0 Å². The van der Waals surface area contributed by atoms with E-state index in [1.54, 1.807) is 0 Å². The number of likely N-dealkylation sites (tertiary alicyclic amines) is 3. The lowest BCUT2D eigenvalue weighted by atomic mass is 9.83. The molecule has 0 radical (unpaired) electrons. The van der Waals surface area contributed by atoms with E-state index in [0.717, 1.165) is 36.8 Å². The van der Waals surface area contributed by atoms with Crippen molar-refractivity contribution in [1.29, 1.82) is 0 Å². The van der Waals surface area contributed by atoms with E-state index in [0.29, 0.717) is 0 Å². The fraction of sp³-hybridized carbons (Fsp3) is 1.00. The molecule has 0 bridgehead atoms. The fourth-order valence-electron chi connectivity index (χ4n) is 5.51. The average molecular weight is 366 g/mol. The van der Waals surface area contributed by atoms with Gasteiger partial charge in [-0.25, -0.2) is 0 Å². The highest BCUT2D eigenvalue weighted by Crippen LogP contribution is 2.33. The smallest absolute Gasteiger partial charge is 0.0589 e. The van der Waals surface area contributed by atoms with E-state index in [1.807, 2.05) is 7.11 Å². The third kappa shape index (κ3) is 6.19. The molecule has 3 rings (SSSR count). The molecule has 4 heteroatoms. The molecule has 3 heterocycles. The third-order valence-electron chi connectivity index (χ3n) is 7.07. The number of rotatable bonds is 8. The lowest BCUT2D eigenvalue weighted by Gasteiger charge is -2.36. The monoisotopic (exact) mass is 365 g/mol. The molecule has 0 unspecified atom stereocenters. The zero-order valence-corrected chi connectivity index (χ0v) is 17.7. The van der Waals surface area contributed by atoms with Crippen molar-refractivity contribution in [3.8, 4) is 0 Å². The van der Waals surface area contributed by atoms with E-state index in [4.69, 9.17) is 4.74 Å². The lowest BCUT2D eigenvalue weighted by molar-refractivity contribution is 0.107. The summed E-state index contributed by atoms with van der Waals surface area (Å²) >= 11 is 0. The first-order chi connectivity index (χ1) is 12.6. The molecular weight excluding hydrogens is 322 g/mol. The molecule has 152 valence electrons. The zero-order chi connectivity index (χ0) is 18.4. The first kappa shape index (κ1) is 20.6. The predicted octanol–water partition coefficient (Wildman–Crippen LogP) is 3.03. The summed E-state index contributed by atoms with van der Waals surface area (Å²) in [5.74, 6) is 3.73. The van der Waals surface area contributed by atoms with Gasteiger partial charge in [-0.05, 0) is 88.5 Å². The average Bonchev–Trinajstić information content (AvgIpc) is 3.10. The SMILES string of the molecule is COCCN1CCC(CN2CC[C@@H](C3CCN(CC(C)C)CC3)C2)CC1. The number of hydrogen-bond donors (Lipinski definition) is 0. The van der Waals surface area contributed by atoms with Crippen LogP contribution in [-0.4, -0.2) is 87.3 Å². The number of nitrogens with zero attached hydrogens (tertiary/aromatic N) is 3. The van der Waals surface area contributed by atoms with E-state index < -0.39 is 0 Å². The Balaban J connectivity index is 1.32. The van der Waals surface area contributed by atoms with Crippen molar-refractivity contribution in [3.63, 3.8) is 0 Å². The van der Waals surface area contributed by atoms with Gasteiger partial charge in [-0.15, -0.1) is 0 Å². The molecule has 26 heavy (non-hydrogen) atoms. The molecule has 0 saturated carbocycles. The second-order valence-corrected chi connectivity index (χ2v) is 9.62. The van der Waals surface area contributed by atoms with Gasteiger partial charge in [0, 0.05) is 33.3 Å². The van der Waals surface area contributed by atoms with Crippen LogP contribution in [0, 0.1) is 23.7 Å². The minimum absolute atomic E-state index is 0.814. The number of methoxy groups -OCH3 is 1. The van der Waals surface area contributed by atoms with Crippen molar-refractivity contribution >= 4 is 0 Å². The van der Waals surface area contributed by atoms with Gasteiger partial charge >= 0.3 is 0 Å². The van der Waals surface area contributed by atoms with Crippen LogP contribution in [0.1, 0.15) is 46.0 Å². The van der Waals surface area contributed by atoms with Crippen molar-refractivity contribution < 1.29 is 4.74 Å². The van der Waals surface area contributed by atoms with Gasteiger partial charge in [0.25, 0.3) is 0 Å². The molecular formula is C22H43N3O. The molecule has 3 saturated heterocycles. The van der Waals surface area contributed by atoms with Crippen molar-refractivity contribution in [3.05, 3.63) is 0 Å². The molecule has 3 aliphatic heterocycles. The second-order valence-electron chi connectivity index (χ2n) is 9.62. The number of hydrogen-bond acceptors (Lipinski definition) is 4. The van der Waals surface area contributed by atoms with Crippen molar-refractivity contribution in [2.45, 2.75) is 46.0 Å². The van der Waals surface area contributed by atoms with Gasteiger partial charge in [0.2, 0.25) is 0 Å². The van der Waals surface area contributed by atoms with Crippen LogP contribution in [0.5, 0.6) is 0 Å². The molecule has 0 aromatic heterocycles. The van der Waals surface area contributed by atoms with Gasteiger partial charge in [0.1, 0.15) is 0 Å². The minimum Gasteiger partial charge on any atom is -0.383 e. The summed E-state index contributed by atoms with van der Waals surface area (Å²) in [5.41, 5.74) is 0. The van der Waals surface area contributed by atoms with Crippen LogP contribution in [0.4, 0.5) is 0 Å². The molecule has 0 N–H and O–H groups in total. The summed E-state index contributed by atoms with van der Waals surface area (Å²) in [5, 5.41) is 0. The topological polar surface area (TPSA) is 19.0 Å². The van der Waals surface area contributed by atoms with Gasteiger partial charge in [0.15, 0.2) is 0 Å².